The van der Waals surface area contributed by atoms with Gasteiger partial charge in [-0.15, -0.1) is 11.3 Å². The van der Waals surface area contributed by atoms with Gasteiger partial charge in [0.05, 0.1) is 37.4 Å². The Labute approximate surface area is 158 Å². The van der Waals surface area contributed by atoms with E-state index in [0.29, 0.717) is 16.6 Å². The number of aromatic carboxylic acids is 1. The molecule has 2 aliphatic rings. The molecule has 5 nitrogen and oxygen atoms in total. The van der Waals surface area contributed by atoms with E-state index < -0.39 is 5.97 Å². The molecule has 1 aliphatic heterocycles. The summed E-state index contributed by atoms with van der Waals surface area (Å²) in [5, 5.41) is 9.94. The van der Waals surface area contributed by atoms with E-state index in [0.717, 1.165) is 20.8 Å². The normalized spacial score (nSPS) is 11.8. The van der Waals surface area contributed by atoms with E-state index in [2.05, 4.69) is 9.98 Å². The van der Waals surface area contributed by atoms with Crippen LogP contribution in [0.1, 0.15) is 27.6 Å². The summed E-state index contributed by atoms with van der Waals surface area (Å²) in [6, 6.07) is 18.0. The Balaban J connectivity index is 1.88. The highest BCUT2D eigenvalue weighted by Crippen LogP contribution is 2.29. The molecule has 1 N–H and O–H groups in total. The number of hydrogen-bond acceptors (Lipinski definition) is 5. The van der Waals surface area contributed by atoms with Crippen LogP contribution in [0, 0.1) is 0 Å². The van der Waals surface area contributed by atoms with E-state index in [9.17, 15) is 14.7 Å². The minimum atomic E-state index is -1.09. The van der Waals surface area contributed by atoms with Crippen LogP contribution >= 0.6 is 11.3 Å². The zero-order valence-corrected chi connectivity index (χ0v) is 15.2. The van der Waals surface area contributed by atoms with Gasteiger partial charge in [-0.1, -0.05) is 12.1 Å². The third-order valence-corrected chi connectivity index (χ3v) is 5.21. The Kier molecular flexibility index (Phi) is 4.25. The fourth-order valence-corrected chi connectivity index (χ4v) is 3.78. The van der Waals surface area contributed by atoms with Crippen LogP contribution in [0.25, 0.3) is 20.8 Å². The maximum absolute atomic E-state index is 11.7. The molecule has 27 heavy (non-hydrogen) atoms. The summed E-state index contributed by atoms with van der Waals surface area (Å²) >= 11 is 1.62. The molecule has 1 aliphatic carbocycles. The van der Waals surface area contributed by atoms with E-state index in [1.807, 2.05) is 42.5 Å². The lowest BCUT2D eigenvalue weighted by atomic mass is 10.1. The van der Waals surface area contributed by atoms with Gasteiger partial charge in [-0.2, -0.15) is 0 Å². The van der Waals surface area contributed by atoms with Crippen LogP contribution in [0.5, 0.6) is 0 Å². The number of carboxylic acids is 1. The number of rotatable bonds is 3. The molecule has 0 amide bonds. The average Bonchev–Trinajstić information content (AvgIpc) is 2.66. The van der Waals surface area contributed by atoms with Gasteiger partial charge in [0.1, 0.15) is 0 Å². The van der Waals surface area contributed by atoms with Crippen LogP contribution in [0.4, 0.5) is 5.69 Å². The third kappa shape index (κ3) is 3.47. The van der Waals surface area contributed by atoms with Crippen LogP contribution < -0.4 is 5.36 Å². The summed E-state index contributed by atoms with van der Waals surface area (Å²) in [5.41, 5.74) is 2.61. The third-order valence-electron chi connectivity index (χ3n) is 4.10. The molecule has 132 valence electrons. The van der Waals surface area contributed by atoms with Gasteiger partial charge in [-0.05, 0) is 55.5 Å². The molecular formula is C21H14N2O3S. The van der Waals surface area contributed by atoms with Gasteiger partial charge in [-0.3, -0.25) is 4.79 Å². The van der Waals surface area contributed by atoms with Crippen LogP contribution in [0.2, 0.25) is 0 Å². The number of carbonyl (C=O) groups is 2. The summed E-state index contributed by atoms with van der Waals surface area (Å²) in [6.45, 7) is 1.40. The molecule has 0 saturated carbocycles. The predicted octanol–water partition coefficient (Wildman–Crippen LogP) is 4.53. The number of hydrogen-bond donors (Lipinski definition) is 1. The van der Waals surface area contributed by atoms with E-state index >= 15 is 0 Å². The molecule has 2 aromatic rings. The second-order valence-corrected chi connectivity index (χ2v) is 7.16. The van der Waals surface area contributed by atoms with Crippen molar-refractivity contribution in [3.05, 3.63) is 77.1 Å². The van der Waals surface area contributed by atoms with Gasteiger partial charge in [0, 0.05) is 5.56 Å². The monoisotopic (exact) mass is 374 g/mol. The minimum Gasteiger partial charge on any atom is -0.478 e. The molecule has 4 rings (SSSR count). The standard InChI is InChI=1S/C21H14N2O3S/c1-12(24)13-8-14(21(25)26)10-16(9-13)22-15-6-7-18-20(11-15)27-19-5-3-2-4-17(19)23-18/h2-11H,1H3,(H,25,26). The Morgan fingerprint density at radius 1 is 1.00 bits per heavy atom. The van der Waals surface area contributed by atoms with Crippen molar-refractivity contribution in [1.29, 1.82) is 0 Å². The highest BCUT2D eigenvalue weighted by atomic mass is 32.1. The fourth-order valence-electron chi connectivity index (χ4n) is 2.78. The van der Waals surface area contributed by atoms with Gasteiger partial charge >= 0.3 is 5.97 Å². The zero-order valence-electron chi connectivity index (χ0n) is 14.3. The van der Waals surface area contributed by atoms with Crippen molar-refractivity contribution < 1.29 is 14.7 Å². The molecule has 0 aromatic heterocycles. The van der Waals surface area contributed by atoms with Gasteiger partial charge in [0.15, 0.2) is 5.78 Å². The summed E-state index contributed by atoms with van der Waals surface area (Å²) in [7, 11) is 0. The van der Waals surface area contributed by atoms with Crippen molar-refractivity contribution in [3.63, 3.8) is 0 Å². The highest BCUT2D eigenvalue weighted by Gasteiger charge is 2.10. The van der Waals surface area contributed by atoms with Crippen LogP contribution in [-0.2, 0) is 0 Å². The number of ketones is 1. The van der Waals surface area contributed by atoms with Gasteiger partial charge < -0.3 is 5.11 Å². The second-order valence-electron chi connectivity index (χ2n) is 6.08. The lowest BCUT2D eigenvalue weighted by molar-refractivity contribution is 0.0697. The second kappa shape index (κ2) is 6.74. The molecular weight excluding hydrogens is 360 g/mol. The first-order chi connectivity index (χ1) is 13.0. The van der Waals surface area contributed by atoms with Crippen molar-refractivity contribution in [1.82, 2.24) is 4.98 Å². The molecule has 0 radical (unpaired) electrons. The van der Waals surface area contributed by atoms with Crippen LogP contribution in [0.3, 0.4) is 0 Å². The van der Waals surface area contributed by atoms with Gasteiger partial charge in [0.25, 0.3) is 0 Å². The molecule has 0 fully saturated rings. The van der Waals surface area contributed by atoms with Gasteiger partial charge in [0.2, 0.25) is 0 Å². The fraction of sp³-hybridized carbons (Fsp3) is 0.0476. The predicted molar refractivity (Wildman–Crippen MR) is 105 cm³/mol. The number of nitrogens with zero attached hydrogens (tertiary/aromatic N) is 2. The average molecular weight is 374 g/mol. The molecule has 0 unspecified atom stereocenters. The number of aromatic nitrogens is 1. The molecule has 0 atom stereocenters. The molecule has 0 bridgehead atoms. The quantitative estimate of drug-likeness (QED) is 0.422. The Hall–Kier alpha value is -3.38. The number of carboxylic acid groups (broad SMARTS) is 1. The van der Waals surface area contributed by atoms with Crippen molar-refractivity contribution in [2.45, 2.75) is 6.92 Å². The first-order valence-corrected chi connectivity index (χ1v) is 9.05. The number of carbonyl (C=O) groups excluding carboxylic acids is 1. The summed E-state index contributed by atoms with van der Waals surface area (Å²) in [4.78, 5) is 33.2. The highest BCUT2D eigenvalue weighted by molar-refractivity contribution is 7.21. The first-order valence-electron chi connectivity index (χ1n) is 8.23. The van der Waals surface area contributed by atoms with Crippen molar-refractivity contribution in [2.24, 2.45) is 4.99 Å². The maximum atomic E-state index is 11.7. The lowest BCUT2D eigenvalue weighted by Crippen LogP contribution is -2.03. The molecule has 1 heterocycles. The summed E-state index contributed by atoms with van der Waals surface area (Å²) < 4.78 is 1.08. The summed E-state index contributed by atoms with van der Waals surface area (Å²) in [5.74, 6) is -1.29. The molecule has 2 aromatic carbocycles. The van der Waals surface area contributed by atoms with Crippen LogP contribution in [0.15, 0.2) is 65.7 Å². The Bertz CT molecular complexity index is 1210. The SMILES string of the molecule is CC(=O)c1cc(N=c2ccc3nc4ccccc4sc-3c2)cc(C(=O)O)c1. The molecule has 0 spiro atoms. The Morgan fingerprint density at radius 3 is 2.56 bits per heavy atom. The zero-order chi connectivity index (χ0) is 19.0. The number of fused-ring (bicyclic) bond motifs is 2. The molecule has 6 heteroatoms. The Morgan fingerprint density at radius 2 is 1.78 bits per heavy atom. The lowest BCUT2D eigenvalue weighted by Gasteiger charge is -2.06. The first kappa shape index (κ1) is 17.1. The largest absolute Gasteiger partial charge is 0.478 e. The van der Waals surface area contributed by atoms with E-state index in [1.54, 1.807) is 17.4 Å². The van der Waals surface area contributed by atoms with E-state index in [1.165, 1.54) is 19.1 Å². The van der Waals surface area contributed by atoms with Crippen molar-refractivity contribution >= 4 is 39.0 Å². The molecule has 0 saturated heterocycles. The van der Waals surface area contributed by atoms with E-state index in [4.69, 9.17) is 0 Å². The number of benzene rings is 3. The van der Waals surface area contributed by atoms with Crippen LogP contribution in [-0.4, -0.2) is 21.8 Å². The smallest absolute Gasteiger partial charge is 0.335 e. The van der Waals surface area contributed by atoms with Crippen molar-refractivity contribution in [2.75, 3.05) is 0 Å². The summed E-state index contributed by atoms with van der Waals surface area (Å²) in [6.07, 6.45) is 0. The van der Waals surface area contributed by atoms with Crippen molar-refractivity contribution in [3.8, 4) is 10.6 Å². The minimum absolute atomic E-state index is 0.0395. The van der Waals surface area contributed by atoms with Gasteiger partial charge in [-0.25, -0.2) is 14.8 Å². The van der Waals surface area contributed by atoms with E-state index in [-0.39, 0.29) is 11.3 Å². The number of para-hydroxylation sites is 1. The topological polar surface area (TPSA) is 79.6 Å². The number of Topliss-reactive ketones (excluding diaryl/α,β-unsaturated/α-hetero) is 1. The maximum Gasteiger partial charge on any atom is 0.335 e.